The summed E-state index contributed by atoms with van der Waals surface area (Å²) in [6.45, 7) is 1.91. The normalized spacial score (nSPS) is 14.1. The molecule has 0 bridgehead atoms. The van der Waals surface area contributed by atoms with Gasteiger partial charge in [-0.25, -0.2) is 0 Å². The van der Waals surface area contributed by atoms with Crippen LogP contribution in [0.1, 0.15) is 22.8 Å². The SMILES string of the molecule is COc1c(C=O)c(C[C@@H](C)Cl)c(OC)c2c1OCO2. The van der Waals surface area contributed by atoms with E-state index in [-0.39, 0.29) is 12.2 Å². The lowest BCUT2D eigenvalue weighted by molar-refractivity contribution is 0.111. The highest BCUT2D eigenvalue weighted by atomic mass is 35.5. The number of halogens is 1. The number of hydrogen-bond acceptors (Lipinski definition) is 5. The second kappa shape index (κ2) is 5.57. The van der Waals surface area contributed by atoms with E-state index in [4.69, 9.17) is 30.5 Å². The van der Waals surface area contributed by atoms with Crippen molar-refractivity contribution >= 4 is 17.9 Å². The maximum atomic E-state index is 11.4. The zero-order valence-corrected chi connectivity index (χ0v) is 11.7. The Kier molecular flexibility index (Phi) is 4.04. The monoisotopic (exact) mass is 286 g/mol. The third-order valence-electron chi connectivity index (χ3n) is 2.88. The smallest absolute Gasteiger partial charge is 0.231 e. The van der Waals surface area contributed by atoms with Crippen molar-refractivity contribution in [2.45, 2.75) is 18.7 Å². The van der Waals surface area contributed by atoms with Crippen molar-refractivity contribution in [1.82, 2.24) is 0 Å². The van der Waals surface area contributed by atoms with E-state index in [0.29, 0.717) is 40.5 Å². The van der Waals surface area contributed by atoms with Gasteiger partial charge in [0.2, 0.25) is 18.3 Å². The lowest BCUT2D eigenvalue weighted by atomic mass is 10.00. The maximum Gasteiger partial charge on any atom is 0.231 e. The second-order valence-corrected chi connectivity index (χ2v) is 4.87. The highest BCUT2D eigenvalue weighted by Crippen LogP contribution is 2.52. The first kappa shape index (κ1) is 13.8. The van der Waals surface area contributed by atoms with Crippen molar-refractivity contribution in [2.24, 2.45) is 0 Å². The lowest BCUT2D eigenvalue weighted by Gasteiger charge is -2.17. The summed E-state index contributed by atoms with van der Waals surface area (Å²) in [4.78, 5) is 11.4. The Morgan fingerprint density at radius 3 is 2.32 bits per heavy atom. The van der Waals surface area contributed by atoms with Crippen molar-refractivity contribution in [3.8, 4) is 23.0 Å². The van der Waals surface area contributed by atoms with Gasteiger partial charge in [0.25, 0.3) is 0 Å². The van der Waals surface area contributed by atoms with Crippen LogP contribution < -0.4 is 18.9 Å². The Labute approximate surface area is 116 Å². The van der Waals surface area contributed by atoms with Crippen LogP contribution in [0.5, 0.6) is 23.0 Å². The molecule has 1 aliphatic heterocycles. The lowest BCUT2D eigenvalue weighted by Crippen LogP contribution is -2.07. The number of alkyl halides is 1. The van der Waals surface area contributed by atoms with E-state index >= 15 is 0 Å². The molecule has 1 aliphatic rings. The number of carbonyl (C=O) groups is 1. The zero-order chi connectivity index (χ0) is 14.0. The number of carbonyl (C=O) groups excluding carboxylic acids is 1. The van der Waals surface area contributed by atoms with Gasteiger partial charge in [0.1, 0.15) is 0 Å². The predicted molar refractivity (Wildman–Crippen MR) is 70.1 cm³/mol. The summed E-state index contributed by atoms with van der Waals surface area (Å²) >= 11 is 6.03. The molecule has 0 fully saturated rings. The Balaban J connectivity index is 2.71. The van der Waals surface area contributed by atoms with Gasteiger partial charge in [-0.15, -0.1) is 11.6 Å². The Morgan fingerprint density at radius 1 is 1.26 bits per heavy atom. The molecule has 1 aromatic rings. The molecule has 2 rings (SSSR count). The summed E-state index contributed by atoms with van der Waals surface area (Å²) in [6.07, 6.45) is 1.18. The number of aldehydes is 1. The van der Waals surface area contributed by atoms with Crippen molar-refractivity contribution in [3.05, 3.63) is 11.1 Å². The molecular formula is C13H15ClO5. The highest BCUT2D eigenvalue weighted by Gasteiger charge is 2.31. The molecular weight excluding hydrogens is 272 g/mol. The molecule has 0 saturated heterocycles. The molecule has 0 aliphatic carbocycles. The van der Waals surface area contributed by atoms with Crippen LogP contribution in [-0.4, -0.2) is 32.7 Å². The van der Waals surface area contributed by atoms with Crippen molar-refractivity contribution in [1.29, 1.82) is 0 Å². The first-order chi connectivity index (χ1) is 9.13. The molecule has 1 aromatic carbocycles. The molecule has 0 amide bonds. The van der Waals surface area contributed by atoms with E-state index in [0.717, 1.165) is 6.29 Å². The number of hydrogen-bond donors (Lipinski definition) is 0. The summed E-state index contributed by atoms with van der Waals surface area (Å²) in [5.74, 6) is 1.68. The number of ether oxygens (including phenoxy) is 4. The quantitative estimate of drug-likeness (QED) is 0.614. The predicted octanol–water partition coefficient (Wildman–Crippen LogP) is 2.41. The minimum atomic E-state index is -0.155. The third kappa shape index (κ3) is 2.30. The van der Waals surface area contributed by atoms with Crippen LogP contribution in [0, 0.1) is 0 Å². The topological polar surface area (TPSA) is 54.0 Å². The number of rotatable bonds is 5. The van der Waals surface area contributed by atoms with E-state index in [1.807, 2.05) is 6.92 Å². The van der Waals surface area contributed by atoms with Crippen LogP contribution in [0.3, 0.4) is 0 Å². The summed E-state index contributed by atoms with van der Waals surface area (Å²) in [5, 5.41) is -0.155. The van der Waals surface area contributed by atoms with E-state index in [9.17, 15) is 4.79 Å². The Hall–Kier alpha value is -1.62. The molecule has 0 aromatic heterocycles. The van der Waals surface area contributed by atoms with Crippen molar-refractivity contribution in [2.75, 3.05) is 21.0 Å². The van der Waals surface area contributed by atoms with E-state index in [2.05, 4.69) is 0 Å². The second-order valence-electron chi connectivity index (χ2n) is 4.13. The van der Waals surface area contributed by atoms with Gasteiger partial charge in [0.15, 0.2) is 17.8 Å². The maximum absolute atomic E-state index is 11.4. The van der Waals surface area contributed by atoms with Crippen LogP contribution in [0.2, 0.25) is 0 Å². The highest BCUT2D eigenvalue weighted by molar-refractivity contribution is 6.20. The van der Waals surface area contributed by atoms with Crippen LogP contribution in [0.4, 0.5) is 0 Å². The molecule has 6 heteroatoms. The minimum Gasteiger partial charge on any atom is -0.492 e. The molecule has 0 unspecified atom stereocenters. The third-order valence-corrected chi connectivity index (χ3v) is 3.03. The van der Waals surface area contributed by atoms with Crippen molar-refractivity contribution in [3.63, 3.8) is 0 Å². The van der Waals surface area contributed by atoms with Gasteiger partial charge < -0.3 is 18.9 Å². The number of fused-ring (bicyclic) bond motifs is 1. The molecule has 0 spiro atoms. The summed E-state index contributed by atoms with van der Waals surface area (Å²) in [6, 6.07) is 0. The van der Waals surface area contributed by atoms with Gasteiger partial charge in [-0.1, -0.05) is 0 Å². The van der Waals surface area contributed by atoms with Gasteiger partial charge in [0, 0.05) is 10.9 Å². The van der Waals surface area contributed by atoms with Gasteiger partial charge in [-0.05, 0) is 13.3 Å². The first-order valence-electron chi connectivity index (χ1n) is 5.79. The Bertz CT molecular complexity index is 499. The van der Waals surface area contributed by atoms with E-state index in [1.165, 1.54) is 14.2 Å². The molecule has 104 valence electrons. The zero-order valence-electron chi connectivity index (χ0n) is 11.0. The van der Waals surface area contributed by atoms with Crippen LogP contribution >= 0.6 is 11.6 Å². The molecule has 0 N–H and O–H groups in total. The average molecular weight is 287 g/mol. The van der Waals surface area contributed by atoms with Gasteiger partial charge >= 0.3 is 0 Å². The molecule has 0 saturated carbocycles. The van der Waals surface area contributed by atoms with Crippen LogP contribution in [0.25, 0.3) is 0 Å². The number of benzene rings is 1. The number of methoxy groups -OCH3 is 2. The van der Waals surface area contributed by atoms with Crippen molar-refractivity contribution < 1.29 is 23.7 Å². The first-order valence-corrected chi connectivity index (χ1v) is 6.23. The summed E-state index contributed by atoms with van der Waals surface area (Å²) in [5.41, 5.74) is 1.05. The molecule has 19 heavy (non-hydrogen) atoms. The van der Waals surface area contributed by atoms with Gasteiger partial charge in [0.05, 0.1) is 19.8 Å². The standard InChI is InChI=1S/C13H15ClO5/c1-7(14)4-8-9(5-15)11(17-3)13-12(10(8)16-2)18-6-19-13/h5,7H,4,6H2,1-3H3/t7-/m1/s1. The van der Waals surface area contributed by atoms with E-state index < -0.39 is 0 Å². The Morgan fingerprint density at radius 2 is 1.84 bits per heavy atom. The fourth-order valence-electron chi connectivity index (χ4n) is 2.16. The van der Waals surface area contributed by atoms with Crippen LogP contribution in [-0.2, 0) is 6.42 Å². The van der Waals surface area contributed by atoms with Gasteiger partial charge in [-0.3, -0.25) is 4.79 Å². The fraction of sp³-hybridized carbons (Fsp3) is 0.462. The minimum absolute atomic E-state index is 0.0697. The molecule has 5 nitrogen and oxygen atoms in total. The summed E-state index contributed by atoms with van der Waals surface area (Å²) < 4.78 is 21.4. The largest absolute Gasteiger partial charge is 0.492 e. The average Bonchev–Trinajstić information content (AvgIpc) is 2.85. The van der Waals surface area contributed by atoms with E-state index in [1.54, 1.807) is 0 Å². The fourth-order valence-corrected chi connectivity index (χ4v) is 2.32. The van der Waals surface area contributed by atoms with Crippen LogP contribution in [0.15, 0.2) is 0 Å². The van der Waals surface area contributed by atoms with Gasteiger partial charge in [-0.2, -0.15) is 0 Å². The molecule has 1 atom stereocenters. The summed E-state index contributed by atoms with van der Waals surface area (Å²) in [7, 11) is 2.99. The molecule has 0 radical (unpaired) electrons. The molecule has 1 heterocycles.